The van der Waals surface area contributed by atoms with E-state index in [0.29, 0.717) is 0 Å². The maximum absolute atomic E-state index is 12.0. The van der Waals surface area contributed by atoms with E-state index in [0.717, 1.165) is 12.0 Å². The molecule has 0 radical (unpaired) electrons. The average molecular weight is 301 g/mol. The van der Waals surface area contributed by atoms with E-state index in [9.17, 15) is 9.59 Å². The van der Waals surface area contributed by atoms with E-state index in [1.165, 1.54) is 7.11 Å². The summed E-state index contributed by atoms with van der Waals surface area (Å²) in [6, 6.07) is 9.24. The van der Waals surface area contributed by atoms with Crippen LogP contribution in [0.5, 0.6) is 0 Å². The normalized spacial score (nSPS) is 28.4. The smallest absolute Gasteiger partial charge is 0.407 e. The van der Waals surface area contributed by atoms with Gasteiger partial charge in [0.15, 0.2) is 0 Å². The third-order valence-electron chi connectivity index (χ3n) is 4.43. The molecular weight excluding hydrogens is 282 g/mol. The molecule has 1 N–H and O–H groups in total. The lowest BCUT2D eigenvalue weighted by Crippen LogP contribution is -2.46. The number of methoxy groups -OCH3 is 1. The summed E-state index contributed by atoms with van der Waals surface area (Å²) in [7, 11) is 1.38. The lowest BCUT2D eigenvalue weighted by molar-refractivity contribution is -0.147. The van der Waals surface area contributed by atoms with Crippen molar-refractivity contribution in [3.63, 3.8) is 0 Å². The molecule has 0 spiro atoms. The molecule has 0 heterocycles. The van der Waals surface area contributed by atoms with Gasteiger partial charge in [0.25, 0.3) is 0 Å². The molecule has 0 saturated heterocycles. The van der Waals surface area contributed by atoms with Crippen molar-refractivity contribution in [3.05, 3.63) is 48.0 Å². The van der Waals surface area contributed by atoms with E-state index in [4.69, 9.17) is 9.47 Å². The highest BCUT2D eigenvalue weighted by Crippen LogP contribution is 2.44. The zero-order valence-corrected chi connectivity index (χ0v) is 12.4. The van der Waals surface area contributed by atoms with Crippen LogP contribution in [-0.2, 0) is 20.9 Å². The van der Waals surface area contributed by atoms with Crippen molar-refractivity contribution in [2.45, 2.75) is 19.1 Å². The second-order valence-electron chi connectivity index (χ2n) is 5.73. The Morgan fingerprint density at radius 3 is 2.64 bits per heavy atom. The molecule has 1 aromatic rings. The Morgan fingerprint density at radius 2 is 1.91 bits per heavy atom. The first kappa shape index (κ1) is 14.6. The number of alkyl carbamates (subject to hydrolysis) is 1. The summed E-state index contributed by atoms with van der Waals surface area (Å²) in [5.41, 5.74) is 0.926. The number of allylic oxidation sites excluding steroid dienone is 1. The fourth-order valence-corrected chi connectivity index (χ4v) is 3.38. The first-order valence-corrected chi connectivity index (χ1v) is 7.42. The van der Waals surface area contributed by atoms with Crippen molar-refractivity contribution in [1.82, 2.24) is 5.32 Å². The molecular formula is C17H19NO4. The molecule has 2 bridgehead atoms. The number of rotatable bonds is 4. The minimum Gasteiger partial charge on any atom is -0.469 e. The van der Waals surface area contributed by atoms with Gasteiger partial charge in [0.2, 0.25) is 0 Å². The molecule has 1 unspecified atom stereocenters. The Kier molecular flexibility index (Phi) is 4.13. The number of hydrogen-bond acceptors (Lipinski definition) is 4. The van der Waals surface area contributed by atoms with E-state index < -0.39 is 6.09 Å². The Labute approximate surface area is 129 Å². The number of benzene rings is 1. The van der Waals surface area contributed by atoms with Gasteiger partial charge in [-0.2, -0.15) is 0 Å². The summed E-state index contributed by atoms with van der Waals surface area (Å²) >= 11 is 0. The van der Waals surface area contributed by atoms with Gasteiger partial charge in [-0.3, -0.25) is 4.79 Å². The predicted molar refractivity (Wildman–Crippen MR) is 79.8 cm³/mol. The minimum absolute atomic E-state index is 0.150. The Balaban J connectivity index is 1.58. The largest absolute Gasteiger partial charge is 0.469 e. The van der Waals surface area contributed by atoms with E-state index in [1.807, 2.05) is 36.4 Å². The van der Waals surface area contributed by atoms with E-state index in [-0.39, 0.29) is 36.4 Å². The van der Waals surface area contributed by atoms with Crippen molar-refractivity contribution >= 4 is 12.1 Å². The van der Waals surface area contributed by atoms with Crippen LogP contribution in [0.2, 0.25) is 0 Å². The number of amides is 1. The van der Waals surface area contributed by atoms with Crippen molar-refractivity contribution in [2.24, 2.45) is 17.8 Å². The van der Waals surface area contributed by atoms with Crippen molar-refractivity contribution < 1.29 is 19.1 Å². The van der Waals surface area contributed by atoms with Gasteiger partial charge in [-0.15, -0.1) is 0 Å². The molecule has 0 aliphatic heterocycles. The topological polar surface area (TPSA) is 64.6 Å². The monoisotopic (exact) mass is 301 g/mol. The summed E-state index contributed by atoms with van der Waals surface area (Å²) in [5, 5.41) is 2.83. The van der Waals surface area contributed by atoms with Crippen LogP contribution in [0.15, 0.2) is 42.5 Å². The number of carbonyl (C=O) groups excluding carboxylic acids is 2. The van der Waals surface area contributed by atoms with Crippen LogP contribution in [0.4, 0.5) is 4.79 Å². The first-order chi connectivity index (χ1) is 10.7. The second kappa shape index (κ2) is 6.22. The van der Waals surface area contributed by atoms with Crippen LogP contribution < -0.4 is 5.32 Å². The van der Waals surface area contributed by atoms with Crippen LogP contribution in [0.1, 0.15) is 12.0 Å². The fourth-order valence-electron chi connectivity index (χ4n) is 3.38. The molecule has 3 rings (SSSR count). The Hall–Kier alpha value is -2.30. The van der Waals surface area contributed by atoms with Crippen molar-refractivity contribution in [2.75, 3.05) is 7.11 Å². The third-order valence-corrected chi connectivity index (χ3v) is 4.43. The van der Waals surface area contributed by atoms with Gasteiger partial charge < -0.3 is 14.8 Å². The van der Waals surface area contributed by atoms with Gasteiger partial charge in [-0.25, -0.2) is 4.79 Å². The van der Waals surface area contributed by atoms with Crippen LogP contribution in [0.25, 0.3) is 0 Å². The van der Waals surface area contributed by atoms with Gasteiger partial charge in [0.1, 0.15) is 6.61 Å². The van der Waals surface area contributed by atoms with Gasteiger partial charge in [0, 0.05) is 0 Å². The summed E-state index contributed by atoms with van der Waals surface area (Å²) in [6.45, 7) is 0.215. The molecule has 1 fully saturated rings. The number of carbonyl (C=O) groups is 2. The van der Waals surface area contributed by atoms with Crippen LogP contribution in [0, 0.1) is 17.8 Å². The third kappa shape index (κ3) is 2.84. The summed E-state index contributed by atoms with van der Waals surface area (Å²) in [6.07, 6.45) is 4.48. The summed E-state index contributed by atoms with van der Waals surface area (Å²) in [5.74, 6) is -0.260. The van der Waals surface area contributed by atoms with E-state index >= 15 is 0 Å². The number of esters is 1. The van der Waals surface area contributed by atoms with Gasteiger partial charge in [0.05, 0.1) is 19.1 Å². The highest BCUT2D eigenvalue weighted by molar-refractivity contribution is 5.77. The van der Waals surface area contributed by atoms with Crippen LogP contribution in [0.3, 0.4) is 0 Å². The van der Waals surface area contributed by atoms with Crippen LogP contribution >= 0.6 is 0 Å². The number of hydrogen-bond donors (Lipinski definition) is 1. The quantitative estimate of drug-likeness (QED) is 0.684. The highest BCUT2D eigenvalue weighted by Gasteiger charge is 2.49. The van der Waals surface area contributed by atoms with E-state index in [2.05, 4.69) is 11.4 Å². The molecule has 2 aliphatic carbocycles. The van der Waals surface area contributed by atoms with Gasteiger partial charge in [-0.05, 0) is 23.8 Å². The summed E-state index contributed by atoms with van der Waals surface area (Å²) < 4.78 is 10.1. The molecule has 1 saturated carbocycles. The predicted octanol–water partition coefficient (Wildman–Crippen LogP) is 2.28. The summed E-state index contributed by atoms with van der Waals surface area (Å²) in [4.78, 5) is 23.9. The van der Waals surface area contributed by atoms with Gasteiger partial charge in [-0.1, -0.05) is 42.5 Å². The molecule has 1 aromatic carbocycles. The molecule has 0 aromatic heterocycles. The van der Waals surface area contributed by atoms with Crippen molar-refractivity contribution in [1.29, 1.82) is 0 Å². The molecule has 5 nitrogen and oxygen atoms in total. The number of nitrogens with one attached hydrogen (secondary N) is 1. The lowest BCUT2D eigenvalue weighted by atomic mass is 9.89. The minimum atomic E-state index is -0.497. The standard InChI is InChI=1S/C17H19NO4/c1-21-16(19)14-12-7-8-13(9-12)15(14)18-17(20)22-10-11-5-3-2-4-6-11/h2-8,12-15H,9-10H2,1H3,(H,18,20)/t12?,13-,14-,15+/m1/s1. The zero-order valence-electron chi connectivity index (χ0n) is 12.4. The Bertz CT molecular complexity index is 584. The first-order valence-electron chi connectivity index (χ1n) is 7.42. The molecule has 2 aliphatic rings. The SMILES string of the molecule is COC(=O)[C@@H]1C2C=C[C@H](C2)[C@@H]1NC(=O)OCc1ccccc1. The zero-order chi connectivity index (χ0) is 15.5. The maximum atomic E-state index is 12.0. The second-order valence-corrected chi connectivity index (χ2v) is 5.73. The average Bonchev–Trinajstić information content (AvgIpc) is 3.14. The maximum Gasteiger partial charge on any atom is 0.407 e. The molecule has 22 heavy (non-hydrogen) atoms. The molecule has 4 atom stereocenters. The van der Waals surface area contributed by atoms with E-state index in [1.54, 1.807) is 0 Å². The number of ether oxygens (including phenoxy) is 2. The van der Waals surface area contributed by atoms with Crippen molar-refractivity contribution in [3.8, 4) is 0 Å². The molecule has 1 amide bonds. The number of fused-ring (bicyclic) bond motifs is 2. The lowest BCUT2D eigenvalue weighted by Gasteiger charge is -2.26. The fraction of sp³-hybridized carbons (Fsp3) is 0.412. The van der Waals surface area contributed by atoms with Crippen LogP contribution in [-0.4, -0.2) is 25.2 Å². The molecule has 116 valence electrons. The van der Waals surface area contributed by atoms with Gasteiger partial charge >= 0.3 is 12.1 Å². The molecule has 5 heteroatoms. The Morgan fingerprint density at radius 1 is 1.18 bits per heavy atom. The highest BCUT2D eigenvalue weighted by atomic mass is 16.5.